The summed E-state index contributed by atoms with van der Waals surface area (Å²) in [4.78, 5) is 14.8. The molecule has 1 aliphatic heterocycles. The van der Waals surface area contributed by atoms with Crippen molar-refractivity contribution < 1.29 is 9.90 Å². The van der Waals surface area contributed by atoms with Crippen molar-refractivity contribution in [1.82, 2.24) is 4.90 Å². The molecular formula is C24H23NO2. The summed E-state index contributed by atoms with van der Waals surface area (Å²) >= 11 is 0. The van der Waals surface area contributed by atoms with E-state index in [-0.39, 0.29) is 11.9 Å². The van der Waals surface area contributed by atoms with Crippen molar-refractivity contribution >= 4 is 16.7 Å². The summed E-state index contributed by atoms with van der Waals surface area (Å²) in [5.41, 5.74) is 0.571. The summed E-state index contributed by atoms with van der Waals surface area (Å²) in [6.07, 6.45) is 1.67. The van der Waals surface area contributed by atoms with Gasteiger partial charge in [-0.05, 0) is 28.8 Å². The minimum Gasteiger partial charge on any atom is -0.377 e. The first kappa shape index (κ1) is 17.5. The van der Waals surface area contributed by atoms with Crippen LogP contribution in [0.15, 0.2) is 85.5 Å². The molecule has 3 nitrogen and oxygen atoms in total. The molecule has 1 fully saturated rings. The van der Waals surface area contributed by atoms with Crippen LogP contribution in [-0.4, -0.2) is 28.1 Å². The molecule has 1 N–H and O–H groups in total. The molecule has 0 spiro atoms. The third kappa shape index (κ3) is 2.75. The SMILES string of the molecule is C=C[C@H](c1ccccc1)[C@@]1(O)CN([C@H](C)c2cccc3ccccc23)C1=O. The summed E-state index contributed by atoms with van der Waals surface area (Å²) in [6.45, 7) is 6.17. The monoisotopic (exact) mass is 357 g/mol. The van der Waals surface area contributed by atoms with E-state index >= 15 is 0 Å². The summed E-state index contributed by atoms with van der Waals surface area (Å²) in [5.74, 6) is -0.654. The predicted molar refractivity (Wildman–Crippen MR) is 108 cm³/mol. The molecule has 0 saturated carbocycles. The summed E-state index contributed by atoms with van der Waals surface area (Å²) in [7, 11) is 0. The number of likely N-dealkylation sites (tertiary alicyclic amines) is 1. The molecule has 1 heterocycles. The molecule has 3 aromatic rings. The van der Waals surface area contributed by atoms with Gasteiger partial charge in [0.15, 0.2) is 5.60 Å². The predicted octanol–water partition coefficient (Wildman–Crippen LogP) is 4.44. The number of aliphatic hydroxyl groups is 1. The largest absolute Gasteiger partial charge is 0.377 e. The van der Waals surface area contributed by atoms with E-state index in [9.17, 15) is 9.90 Å². The Balaban J connectivity index is 1.62. The molecule has 0 radical (unpaired) electrons. The van der Waals surface area contributed by atoms with Gasteiger partial charge in [0.05, 0.1) is 12.6 Å². The lowest BCUT2D eigenvalue weighted by molar-refractivity contribution is -0.182. The van der Waals surface area contributed by atoms with E-state index in [0.717, 1.165) is 21.9 Å². The molecule has 0 aromatic heterocycles. The maximum atomic E-state index is 13.0. The molecule has 1 aliphatic rings. The molecule has 0 bridgehead atoms. The average Bonchev–Trinajstić information content (AvgIpc) is 2.72. The van der Waals surface area contributed by atoms with Gasteiger partial charge in [-0.2, -0.15) is 0 Å². The van der Waals surface area contributed by atoms with E-state index in [1.165, 1.54) is 0 Å². The number of hydrogen-bond donors (Lipinski definition) is 1. The summed E-state index contributed by atoms with van der Waals surface area (Å²) in [6, 6.07) is 23.8. The number of amides is 1. The van der Waals surface area contributed by atoms with Crippen molar-refractivity contribution in [2.24, 2.45) is 0 Å². The number of carbonyl (C=O) groups excluding carboxylic acids is 1. The van der Waals surface area contributed by atoms with Crippen molar-refractivity contribution in [2.75, 3.05) is 6.54 Å². The highest BCUT2D eigenvalue weighted by Crippen LogP contribution is 2.42. The zero-order valence-corrected chi connectivity index (χ0v) is 15.4. The third-order valence-electron chi connectivity index (χ3n) is 5.69. The second-order valence-electron chi connectivity index (χ2n) is 7.23. The van der Waals surface area contributed by atoms with E-state index in [2.05, 4.69) is 30.8 Å². The van der Waals surface area contributed by atoms with Crippen LogP contribution in [0.3, 0.4) is 0 Å². The molecule has 1 amide bonds. The van der Waals surface area contributed by atoms with Crippen molar-refractivity contribution in [3.05, 3.63) is 96.6 Å². The molecule has 4 rings (SSSR count). The molecular weight excluding hydrogens is 334 g/mol. The van der Waals surface area contributed by atoms with Crippen molar-refractivity contribution in [2.45, 2.75) is 24.5 Å². The zero-order valence-electron chi connectivity index (χ0n) is 15.4. The van der Waals surface area contributed by atoms with Crippen LogP contribution in [0.5, 0.6) is 0 Å². The lowest BCUT2D eigenvalue weighted by atomic mass is 9.75. The van der Waals surface area contributed by atoms with E-state index in [1.54, 1.807) is 11.0 Å². The highest BCUT2D eigenvalue weighted by Gasteiger charge is 2.56. The zero-order chi connectivity index (χ0) is 19.0. The number of rotatable bonds is 5. The second-order valence-corrected chi connectivity index (χ2v) is 7.23. The minimum atomic E-state index is -1.43. The fraction of sp³-hybridized carbons (Fsp3) is 0.208. The van der Waals surface area contributed by atoms with Gasteiger partial charge in [0.25, 0.3) is 5.91 Å². The van der Waals surface area contributed by atoms with Crippen LogP contribution in [0, 0.1) is 0 Å². The normalized spacial score (nSPS) is 21.6. The Morgan fingerprint density at radius 1 is 1.04 bits per heavy atom. The lowest BCUT2D eigenvalue weighted by Crippen LogP contribution is -2.69. The Kier molecular flexibility index (Phi) is 4.33. The van der Waals surface area contributed by atoms with Gasteiger partial charge < -0.3 is 10.0 Å². The van der Waals surface area contributed by atoms with Crippen molar-refractivity contribution in [1.29, 1.82) is 0 Å². The molecule has 0 aliphatic carbocycles. The first-order chi connectivity index (χ1) is 13.1. The van der Waals surface area contributed by atoms with Crippen LogP contribution >= 0.6 is 0 Å². The molecule has 0 unspecified atom stereocenters. The smallest absolute Gasteiger partial charge is 0.257 e. The minimum absolute atomic E-state index is 0.106. The molecule has 3 aromatic carbocycles. The lowest BCUT2D eigenvalue weighted by Gasteiger charge is -2.51. The number of fused-ring (bicyclic) bond motifs is 1. The van der Waals surface area contributed by atoms with Crippen LogP contribution in [-0.2, 0) is 4.79 Å². The van der Waals surface area contributed by atoms with E-state index in [0.29, 0.717) is 6.54 Å². The topological polar surface area (TPSA) is 40.5 Å². The van der Waals surface area contributed by atoms with Gasteiger partial charge in [-0.25, -0.2) is 0 Å². The number of benzene rings is 3. The van der Waals surface area contributed by atoms with Gasteiger partial charge in [0, 0.05) is 5.92 Å². The number of carbonyl (C=O) groups is 1. The summed E-state index contributed by atoms with van der Waals surface area (Å²) < 4.78 is 0. The standard InChI is InChI=1S/C24H23NO2/c1-3-22(19-11-5-4-6-12-19)24(27)16-25(23(24)26)17(2)20-15-9-13-18-10-7-8-14-21(18)20/h3-15,17,22,27H,1,16H2,2H3/t17-,22-,24+/m1/s1. The fourth-order valence-electron chi connectivity index (χ4n) is 4.15. The first-order valence-corrected chi connectivity index (χ1v) is 9.25. The van der Waals surface area contributed by atoms with Gasteiger partial charge in [0.2, 0.25) is 0 Å². The number of β-amino-alcohol motifs (C(OH)–C–C–N with tert-alkyl or cyclic N) is 1. The number of nitrogens with zero attached hydrogens (tertiary/aromatic N) is 1. The fourth-order valence-corrected chi connectivity index (χ4v) is 4.15. The molecule has 136 valence electrons. The van der Waals surface area contributed by atoms with Crippen LogP contribution < -0.4 is 0 Å². The Labute approximate surface area is 159 Å². The van der Waals surface area contributed by atoms with Crippen LogP contribution in [0.2, 0.25) is 0 Å². The van der Waals surface area contributed by atoms with E-state index in [4.69, 9.17) is 0 Å². The van der Waals surface area contributed by atoms with Crippen LogP contribution in [0.1, 0.15) is 30.0 Å². The number of hydrogen-bond acceptors (Lipinski definition) is 2. The molecule has 27 heavy (non-hydrogen) atoms. The Bertz CT molecular complexity index is 992. The van der Waals surface area contributed by atoms with Gasteiger partial charge in [-0.3, -0.25) is 4.79 Å². The quantitative estimate of drug-likeness (QED) is 0.542. The summed E-state index contributed by atoms with van der Waals surface area (Å²) in [5, 5.41) is 13.4. The van der Waals surface area contributed by atoms with E-state index < -0.39 is 11.5 Å². The van der Waals surface area contributed by atoms with Gasteiger partial charge in [0.1, 0.15) is 0 Å². The molecule has 3 atom stereocenters. The molecule has 3 heteroatoms. The van der Waals surface area contributed by atoms with E-state index in [1.807, 2.05) is 55.5 Å². The third-order valence-corrected chi connectivity index (χ3v) is 5.69. The van der Waals surface area contributed by atoms with Crippen molar-refractivity contribution in [3.63, 3.8) is 0 Å². The second kappa shape index (κ2) is 6.67. The Hall–Kier alpha value is -2.91. The van der Waals surface area contributed by atoms with Gasteiger partial charge >= 0.3 is 0 Å². The maximum Gasteiger partial charge on any atom is 0.257 e. The van der Waals surface area contributed by atoms with Crippen LogP contribution in [0.4, 0.5) is 0 Å². The highest BCUT2D eigenvalue weighted by atomic mass is 16.3. The van der Waals surface area contributed by atoms with Gasteiger partial charge in [-0.15, -0.1) is 6.58 Å². The van der Waals surface area contributed by atoms with Crippen LogP contribution in [0.25, 0.3) is 10.8 Å². The Morgan fingerprint density at radius 3 is 2.41 bits per heavy atom. The highest BCUT2D eigenvalue weighted by molar-refractivity contribution is 5.94. The maximum absolute atomic E-state index is 13.0. The first-order valence-electron chi connectivity index (χ1n) is 9.25. The Morgan fingerprint density at radius 2 is 1.70 bits per heavy atom. The average molecular weight is 357 g/mol. The number of β-lactam (4-membered cyclic amide) rings is 1. The van der Waals surface area contributed by atoms with Gasteiger partial charge in [-0.1, -0.05) is 78.9 Å². The van der Waals surface area contributed by atoms with Crippen molar-refractivity contribution in [3.8, 4) is 0 Å². The molecule has 1 saturated heterocycles.